The number of allylic oxidation sites excluding steroid dienone is 2. The molecule has 3 aromatic carbocycles. The molecule has 0 aromatic heterocycles. The van der Waals surface area contributed by atoms with Crippen LogP contribution in [-0.4, -0.2) is 6.21 Å². The fourth-order valence-electron chi connectivity index (χ4n) is 3.29. The number of rotatable bonds is 8. The molecule has 0 saturated heterocycles. The van der Waals surface area contributed by atoms with E-state index in [2.05, 4.69) is 60.5 Å². The molecule has 0 aliphatic rings. The Labute approximate surface area is 173 Å². The summed E-state index contributed by atoms with van der Waals surface area (Å²) in [6, 6.07) is 21.6. The van der Waals surface area contributed by atoms with Gasteiger partial charge in [0.1, 0.15) is 5.82 Å². The molecular weight excluding hydrogens is 357 g/mol. The van der Waals surface area contributed by atoms with Crippen molar-refractivity contribution >= 4 is 11.9 Å². The Bertz CT molecular complexity index is 966. The van der Waals surface area contributed by atoms with Crippen LogP contribution in [0, 0.1) is 5.82 Å². The summed E-state index contributed by atoms with van der Waals surface area (Å²) in [7, 11) is 0. The van der Waals surface area contributed by atoms with Gasteiger partial charge in [-0.05, 0) is 60.6 Å². The van der Waals surface area contributed by atoms with Crippen molar-refractivity contribution in [3.8, 4) is 11.1 Å². The second kappa shape index (κ2) is 10.5. The second-order valence-electron chi connectivity index (χ2n) is 7.22. The van der Waals surface area contributed by atoms with Gasteiger partial charge in [0.15, 0.2) is 0 Å². The van der Waals surface area contributed by atoms with E-state index in [1.54, 1.807) is 12.3 Å². The fourth-order valence-corrected chi connectivity index (χ4v) is 3.29. The first-order valence-electron chi connectivity index (χ1n) is 10.3. The topological polar surface area (TPSA) is 12.4 Å². The minimum atomic E-state index is -0.248. The van der Waals surface area contributed by atoms with Crippen molar-refractivity contribution in [3.63, 3.8) is 0 Å². The van der Waals surface area contributed by atoms with E-state index in [1.165, 1.54) is 17.2 Å². The van der Waals surface area contributed by atoms with E-state index in [0.717, 1.165) is 36.8 Å². The highest BCUT2D eigenvalue weighted by Gasteiger charge is 2.06. The van der Waals surface area contributed by atoms with E-state index in [1.807, 2.05) is 25.1 Å². The predicted octanol–water partition coefficient (Wildman–Crippen LogP) is 7.70. The smallest absolute Gasteiger partial charge is 0.133 e. The van der Waals surface area contributed by atoms with Crippen LogP contribution in [-0.2, 0) is 12.8 Å². The Morgan fingerprint density at radius 3 is 2.21 bits per heavy atom. The van der Waals surface area contributed by atoms with Crippen LogP contribution < -0.4 is 0 Å². The van der Waals surface area contributed by atoms with E-state index in [-0.39, 0.29) is 5.82 Å². The Kier molecular flexibility index (Phi) is 7.52. The molecule has 29 heavy (non-hydrogen) atoms. The summed E-state index contributed by atoms with van der Waals surface area (Å²) in [6.45, 7) is 4.20. The molecule has 1 nitrogen and oxygen atoms in total. The third-order valence-corrected chi connectivity index (χ3v) is 4.93. The quantitative estimate of drug-likeness (QED) is 0.278. The van der Waals surface area contributed by atoms with Gasteiger partial charge in [-0.2, -0.15) is 0 Å². The molecule has 3 rings (SSSR count). The molecule has 0 atom stereocenters. The summed E-state index contributed by atoms with van der Waals surface area (Å²) in [6.07, 6.45) is 10.3. The highest BCUT2D eigenvalue weighted by Crippen LogP contribution is 2.27. The molecule has 0 amide bonds. The molecular formula is C27H28FN. The Morgan fingerprint density at radius 2 is 1.55 bits per heavy atom. The van der Waals surface area contributed by atoms with Gasteiger partial charge in [0.2, 0.25) is 0 Å². The Balaban J connectivity index is 1.68. The third kappa shape index (κ3) is 5.99. The molecule has 0 fully saturated rings. The van der Waals surface area contributed by atoms with Gasteiger partial charge in [-0.25, -0.2) is 4.39 Å². The van der Waals surface area contributed by atoms with Crippen molar-refractivity contribution in [1.29, 1.82) is 0 Å². The van der Waals surface area contributed by atoms with Crippen LogP contribution in [0.5, 0.6) is 0 Å². The van der Waals surface area contributed by atoms with E-state index in [0.29, 0.717) is 11.3 Å². The zero-order chi connectivity index (χ0) is 20.5. The molecule has 0 aliphatic carbocycles. The minimum absolute atomic E-state index is 0.248. The normalized spacial score (nSPS) is 11.6. The second-order valence-corrected chi connectivity index (χ2v) is 7.22. The maximum absolute atomic E-state index is 14.6. The summed E-state index contributed by atoms with van der Waals surface area (Å²) in [5, 5.41) is 0. The summed E-state index contributed by atoms with van der Waals surface area (Å²) < 4.78 is 14.6. The Hall–Kier alpha value is -3.00. The van der Waals surface area contributed by atoms with Gasteiger partial charge >= 0.3 is 0 Å². The number of hydrogen-bond donors (Lipinski definition) is 0. The lowest BCUT2D eigenvalue weighted by Crippen LogP contribution is -1.87. The van der Waals surface area contributed by atoms with Crippen LogP contribution in [0.2, 0.25) is 0 Å². The number of benzene rings is 3. The average molecular weight is 386 g/mol. The van der Waals surface area contributed by atoms with Crippen LogP contribution >= 0.6 is 0 Å². The zero-order valence-corrected chi connectivity index (χ0v) is 17.2. The first-order chi connectivity index (χ1) is 14.2. The molecule has 148 valence electrons. The standard InChI is InChI=1S/C27H28FN/c1-3-5-6-8-22-9-11-23(12-10-22)20-29-25-17-18-26(27(28)19-25)24-15-13-21(7-4-2)14-16-24/h3,5,9-20H,4,6-8H2,1-2H3/b5-3+,29-20?. The fraction of sp³-hybridized carbons (Fsp3) is 0.222. The summed E-state index contributed by atoms with van der Waals surface area (Å²) >= 11 is 0. The monoisotopic (exact) mass is 385 g/mol. The van der Waals surface area contributed by atoms with E-state index in [4.69, 9.17) is 0 Å². The molecule has 0 unspecified atom stereocenters. The average Bonchev–Trinajstić information content (AvgIpc) is 2.74. The van der Waals surface area contributed by atoms with Gasteiger partial charge in [-0.15, -0.1) is 0 Å². The van der Waals surface area contributed by atoms with Crippen molar-refractivity contribution in [1.82, 2.24) is 0 Å². The molecule has 0 spiro atoms. The summed E-state index contributed by atoms with van der Waals surface area (Å²) in [4.78, 5) is 4.44. The lowest BCUT2D eigenvalue weighted by Gasteiger charge is -2.06. The van der Waals surface area contributed by atoms with Crippen LogP contribution in [0.4, 0.5) is 10.1 Å². The number of aliphatic imine (C=N–C) groups is 1. The SMILES string of the molecule is C/C=C/CCc1ccc(C=Nc2ccc(-c3ccc(CCC)cc3)c(F)c2)cc1. The van der Waals surface area contributed by atoms with Crippen LogP contribution in [0.1, 0.15) is 43.4 Å². The third-order valence-electron chi connectivity index (χ3n) is 4.93. The first kappa shape index (κ1) is 20.7. The minimum Gasteiger partial charge on any atom is -0.256 e. The highest BCUT2D eigenvalue weighted by molar-refractivity contribution is 5.82. The van der Waals surface area contributed by atoms with Gasteiger partial charge in [0.25, 0.3) is 0 Å². The van der Waals surface area contributed by atoms with E-state index >= 15 is 0 Å². The van der Waals surface area contributed by atoms with Gasteiger partial charge in [0.05, 0.1) is 5.69 Å². The van der Waals surface area contributed by atoms with Gasteiger partial charge in [-0.1, -0.05) is 74.0 Å². The van der Waals surface area contributed by atoms with Gasteiger partial charge < -0.3 is 0 Å². The van der Waals surface area contributed by atoms with E-state index in [9.17, 15) is 4.39 Å². The molecule has 0 bridgehead atoms. The van der Waals surface area contributed by atoms with Crippen molar-refractivity contribution < 1.29 is 4.39 Å². The molecule has 0 aliphatic heterocycles. The summed E-state index contributed by atoms with van der Waals surface area (Å²) in [5.41, 5.74) is 5.72. The van der Waals surface area contributed by atoms with Crippen molar-refractivity contribution in [3.05, 3.63) is 101 Å². The molecule has 0 heterocycles. The predicted molar refractivity (Wildman–Crippen MR) is 123 cm³/mol. The maximum Gasteiger partial charge on any atom is 0.133 e. The highest BCUT2D eigenvalue weighted by atomic mass is 19.1. The van der Waals surface area contributed by atoms with Crippen molar-refractivity contribution in [2.45, 2.75) is 39.5 Å². The lowest BCUT2D eigenvalue weighted by atomic mass is 10.0. The van der Waals surface area contributed by atoms with E-state index < -0.39 is 0 Å². The number of aryl methyl sites for hydroxylation is 2. The van der Waals surface area contributed by atoms with Crippen LogP contribution in [0.25, 0.3) is 11.1 Å². The first-order valence-corrected chi connectivity index (χ1v) is 10.3. The molecule has 0 radical (unpaired) electrons. The molecule has 0 N–H and O–H groups in total. The summed E-state index contributed by atoms with van der Waals surface area (Å²) in [5.74, 6) is -0.248. The molecule has 0 saturated carbocycles. The molecule has 2 heteroatoms. The number of hydrogen-bond acceptors (Lipinski definition) is 1. The van der Waals surface area contributed by atoms with Crippen LogP contribution in [0.15, 0.2) is 83.9 Å². The van der Waals surface area contributed by atoms with Gasteiger partial charge in [0, 0.05) is 17.8 Å². The van der Waals surface area contributed by atoms with Gasteiger partial charge in [-0.3, -0.25) is 4.99 Å². The Morgan fingerprint density at radius 1 is 0.862 bits per heavy atom. The lowest BCUT2D eigenvalue weighted by molar-refractivity contribution is 0.631. The van der Waals surface area contributed by atoms with Crippen molar-refractivity contribution in [2.75, 3.05) is 0 Å². The zero-order valence-electron chi connectivity index (χ0n) is 17.2. The largest absolute Gasteiger partial charge is 0.256 e. The maximum atomic E-state index is 14.6. The van der Waals surface area contributed by atoms with Crippen molar-refractivity contribution in [2.24, 2.45) is 4.99 Å². The van der Waals surface area contributed by atoms with Crippen LogP contribution in [0.3, 0.4) is 0 Å². The number of nitrogens with zero attached hydrogens (tertiary/aromatic N) is 1. The number of halogens is 1. The molecule has 3 aromatic rings.